The predicted octanol–water partition coefficient (Wildman–Crippen LogP) is 3.34. The Morgan fingerprint density at radius 2 is 2.10 bits per heavy atom. The van der Waals surface area contributed by atoms with E-state index in [1.807, 2.05) is 20.8 Å². The van der Waals surface area contributed by atoms with Crippen LogP contribution in [0.4, 0.5) is 4.79 Å². The van der Waals surface area contributed by atoms with Crippen LogP contribution in [-0.2, 0) is 4.74 Å². The fourth-order valence-corrected chi connectivity index (χ4v) is 3.75. The Bertz CT molecular complexity index is 548. The molecule has 0 amide bonds. The van der Waals surface area contributed by atoms with Crippen molar-refractivity contribution < 1.29 is 14.3 Å². The molecule has 1 aromatic heterocycles. The lowest BCUT2D eigenvalue weighted by molar-refractivity contribution is -0.259. The normalized spacial score (nSPS) is 33.9. The number of carbonyl (C=O) groups is 1. The molecular formula is C16H24N2O3. The first-order valence-corrected chi connectivity index (χ1v) is 7.65. The van der Waals surface area contributed by atoms with Gasteiger partial charge in [-0.3, -0.25) is 0 Å². The van der Waals surface area contributed by atoms with Crippen molar-refractivity contribution >= 4 is 6.09 Å². The van der Waals surface area contributed by atoms with Crippen molar-refractivity contribution in [3.8, 4) is 5.88 Å². The number of nitrogens with zero attached hydrogens (tertiary/aromatic N) is 2. The number of aromatic nitrogens is 2. The van der Waals surface area contributed by atoms with Crippen LogP contribution in [0, 0.1) is 23.2 Å². The van der Waals surface area contributed by atoms with Crippen molar-refractivity contribution in [2.45, 2.75) is 46.6 Å². The Hall–Kier alpha value is -1.52. The zero-order chi connectivity index (χ0) is 15.4. The largest absolute Gasteiger partial charge is 0.476 e. The van der Waals surface area contributed by atoms with E-state index in [1.165, 1.54) is 11.1 Å². The molecular weight excluding hydrogens is 268 g/mol. The highest BCUT2D eigenvalue weighted by Gasteiger charge is 2.68. The van der Waals surface area contributed by atoms with E-state index in [4.69, 9.17) is 9.47 Å². The van der Waals surface area contributed by atoms with E-state index in [1.54, 1.807) is 12.3 Å². The van der Waals surface area contributed by atoms with Gasteiger partial charge in [-0.25, -0.2) is 4.79 Å². The lowest BCUT2D eigenvalue weighted by Gasteiger charge is -2.72. The fourth-order valence-electron chi connectivity index (χ4n) is 3.75. The van der Waals surface area contributed by atoms with Gasteiger partial charge in [-0.15, -0.1) is 5.10 Å². The van der Waals surface area contributed by atoms with Crippen LogP contribution in [0.15, 0.2) is 12.3 Å². The van der Waals surface area contributed by atoms with E-state index in [9.17, 15) is 4.79 Å². The molecule has 0 aromatic carbocycles. The summed E-state index contributed by atoms with van der Waals surface area (Å²) >= 11 is 0. The maximum absolute atomic E-state index is 11.9. The molecule has 3 aliphatic carbocycles. The number of hydrogen-bond donors (Lipinski definition) is 0. The van der Waals surface area contributed by atoms with Crippen molar-refractivity contribution in [2.24, 2.45) is 23.2 Å². The zero-order valence-corrected chi connectivity index (χ0v) is 13.4. The van der Waals surface area contributed by atoms with Crippen LogP contribution in [0.5, 0.6) is 5.88 Å². The molecule has 0 N–H and O–H groups in total. The molecule has 21 heavy (non-hydrogen) atoms. The predicted molar refractivity (Wildman–Crippen MR) is 78.2 cm³/mol. The molecule has 2 bridgehead atoms. The van der Waals surface area contributed by atoms with E-state index < -0.39 is 11.7 Å². The average Bonchev–Trinajstić information content (AvgIpc) is 2.83. The van der Waals surface area contributed by atoms with E-state index in [0.717, 1.165) is 17.8 Å². The van der Waals surface area contributed by atoms with Crippen molar-refractivity contribution in [3.05, 3.63) is 12.3 Å². The van der Waals surface area contributed by atoms with Gasteiger partial charge in [-0.05, 0) is 44.9 Å². The first-order valence-electron chi connectivity index (χ1n) is 7.65. The number of ether oxygens (including phenoxy) is 2. The Morgan fingerprint density at radius 1 is 1.43 bits per heavy atom. The van der Waals surface area contributed by atoms with Crippen molar-refractivity contribution in [3.63, 3.8) is 0 Å². The van der Waals surface area contributed by atoms with Crippen LogP contribution < -0.4 is 4.74 Å². The summed E-state index contributed by atoms with van der Waals surface area (Å²) in [6, 6.07) is 1.71. The van der Waals surface area contributed by atoms with Gasteiger partial charge in [0.25, 0.3) is 0 Å². The minimum atomic E-state index is -0.527. The standard InChI is InChI=1S/C16H24N2O3/c1-10-12-8-16(10,11(12)2)9-20-13-6-7-18(17-13)14(19)21-15(3,4)5/h6-7,10-12H,8-9H2,1-5H3/t10-,11-,12?,16?/m1/s1. The summed E-state index contributed by atoms with van der Waals surface area (Å²) in [6.45, 7) is 10.8. The summed E-state index contributed by atoms with van der Waals surface area (Å²) in [5.74, 6) is 2.87. The average molecular weight is 292 g/mol. The molecule has 5 heteroatoms. The first-order chi connectivity index (χ1) is 9.73. The molecule has 1 aromatic rings. The Morgan fingerprint density at radius 3 is 2.62 bits per heavy atom. The first kappa shape index (κ1) is 14.4. The second-order valence-electron chi connectivity index (χ2n) is 7.55. The maximum atomic E-state index is 11.9. The summed E-state index contributed by atoms with van der Waals surface area (Å²) < 4.78 is 12.3. The maximum Gasteiger partial charge on any atom is 0.435 e. The van der Waals surface area contributed by atoms with Crippen molar-refractivity contribution in [1.29, 1.82) is 0 Å². The number of carbonyl (C=O) groups excluding carboxylic acids is 1. The van der Waals surface area contributed by atoms with Gasteiger partial charge in [0.05, 0.1) is 6.61 Å². The molecule has 2 atom stereocenters. The lowest BCUT2D eigenvalue weighted by Crippen LogP contribution is -2.69. The van der Waals surface area contributed by atoms with Crippen LogP contribution in [0.1, 0.15) is 41.0 Å². The molecule has 0 unspecified atom stereocenters. The molecule has 0 spiro atoms. The minimum absolute atomic E-state index is 0.334. The quantitative estimate of drug-likeness (QED) is 0.857. The summed E-state index contributed by atoms with van der Waals surface area (Å²) in [6.07, 6.45) is 2.37. The molecule has 3 saturated carbocycles. The van der Waals surface area contributed by atoms with Crippen molar-refractivity contribution in [1.82, 2.24) is 9.78 Å². The Balaban J connectivity index is 1.57. The molecule has 1 heterocycles. The number of rotatable bonds is 3. The van der Waals surface area contributed by atoms with Gasteiger partial charge in [0.2, 0.25) is 5.88 Å². The number of hydrogen-bond acceptors (Lipinski definition) is 4. The van der Waals surface area contributed by atoms with E-state index in [0.29, 0.717) is 17.9 Å². The highest BCUT2D eigenvalue weighted by Crippen LogP contribution is 2.72. The van der Waals surface area contributed by atoms with Gasteiger partial charge in [-0.2, -0.15) is 4.68 Å². The fraction of sp³-hybridized carbons (Fsp3) is 0.750. The van der Waals surface area contributed by atoms with Crippen LogP contribution in [0.25, 0.3) is 0 Å². The molecule has 3 aliphatic rings. The molecule has 0 aliphatic heterocycles. The third-order valence-corrected chi connectivity index (χ3v) is 5.35. The Labute approximate surface area is 125 Å². The summed E-state index contributed by atoms with van der Waals surface area (Å²) in [5.41, 5.74) is -0.193. The monoisotopic (exact) mass is 292 g/mol. The van der Waals surface area contributed by atoms with Crippen LogP contribution in [0.3, 0.4) is 0 Å². The zero-order valence-electron chi connectivity index (χ0n) is 13.4. The summed E-state index contributed by atoms with van der Waals surface area (Å²) in [7, 11) is 0. The smallest absolute Gasteiger partial charge is 0.435 e. The van der Waals surface area contributed by atoms with Gasteiger partial charge < -0.3 is 9.47 Å². The van der Waals surface area contributed by atoms with E-state index >= 15 is 0 Å². The van der Waals surface area contributed by atoms with Crippen LogP contribution in [0.2, 0.25) is 0 Å². The van der Waals surface area contributed by atoms with Crippen molar-refractivity contribution in [2.75, 3.05) is 6.61 Å². The van der Waals surface area contributed by atoms with Crippen LogP contribution >= 0.6 is 0 Å². The summed E-state index contributed by atoms with van der Waals surface area (Å²) in [4.78, 5) is 11.9. The third-order valence-electron chi connectivity index (χ3n) is 5.35. The van der Waals surface area contributed by atoms with Gasteiger partial charge >= 0.3 is 6.09 Å². The highest BCUT2D eigenvalue weighted by molar-refractivity contribution is 5.69. The second kappa shape index (κ2) is 4.49. The molecule has 0 radical (unpaired) electrons. The van der Waals surface area contributed by atoms with Gasteiger partial charge in [0.15, 0.2) is 0 Å². The second-order valence-corrected chi connectivity index (χ2v) is 7.55. The summed E-state index contributed by atoms with van der Waals surface area (Å²) in [5, 5.41) is 4.14. The molecule has 0 saturated heterocycles. The molecule has 5 nitrogen and oxygen atoms in total. The molecule has 4 rings (SSSR count). The molecule has 116 valence electrons. The van der Waals surface area contributed by atoms with E-state index in [-0.39, 0.29) is 0 Å². The van der Waals surface area contributed by atoms with Crippen LogP contribution in [-0.4, -0.2) is 28.1 Å². The van der Waals surface area contributed by atoms with Gasteiger partial charge in [0, 0.05) is 17.7 Å². The minimum Gasteiger partial charge on any atom is -0.476 e. The molecule has 3 fully saturated rings. The highest BCUT2D eigenvalue weighted by atomic mass is 16.6. The van der Waals surface area contributed by atoms with E-state index in [2.05, 4.69) is 18.9 Å². The Kier molecular flexibility index (Phi) is 3.08. The SMILES string of the molecule is C[C@@H]1C2CC1(COc1ccn(C(=O)OC(C)(C)C)n1)[C@@H]2C. The van der Waals surface area contributed by atoms with Gasteiger partial charge in [-0.1, -0.05) is 13.8 Å². The van der Waals surface area contributed by atoms with Gasteiger partial charge in [0.1, 0.15) is 5.60 Å². The topological polar surface area (TPSA) is 53.4 Å². The third kappa shape index (κ3) is 2.23. The lowest BCUT2D eigenvalue weighted by atomic mass is 9.33.